The lowest BCUT2D eigenvalue weighted by Gasteiger charge is -2.18. The van der Waals surface area contributed by atoms with Gasteiger partial charge in [-0.15, -0.1) is 0 Å². The first kappa shape index (κ1) is 56.9. The normalized spacial score (nSPS) is 12.1. The van der Waals surface area contributed by atoms with Crippen molar-refractivity contribution in [1.82, 2.24) is 0 Å². The maximum Gasteiger partial charge on any atom is 0.306 e. The number of esters is 3. The van der Waals surface area contributed by atoms with Gasteiger partial charge in [-0.2, -0.15) is 0 Å². The van der Waals surface area contributed by atoms with E-state index in [1.54, 1.807) is 0 Å². The summed E-state index contributed by atoms with van der Waals surface area (Å²) in [5.74, 6) is -0.873. The van der Waals surface area contributed by atoms with Crippen LogP contribution in [-0.2, 0) is 28.6 Å². The van der Waals surface area contributed by atoms with Gasteiger partial charge in [-0.05, 0) is 70.6 Å². The fourth-order valence-electron chi connectivity index (χ4n) is 7.49. The molecule has 0 aromatic rings. The molecule has 0 rings (SSSR count). The molecule has 0 unspecified atom stereocenters. The maximum atomic E-state index is 12.8. The van der Waals surface area contributed by atoms with E-state index in [0.717, 1.165) is 64.2 Å². The summed E-state index contributed by atoms with van der Waals surface area (Å²) in [7, 11) is 0. The van der Waals surface area contributed by atoms with Gasteiger partial charge in [0.05, 0.1) is 0 Å². The third kappa shape index (κ3) is 46.8. The Hall–Kier alpha value is -2.11. The van der Waals surface area contributed by atoms with E-state index in [9.17, 15) is 14.4 Å². The minimum Gasteiger partial charge on any atom is -0.462 e. The molecule has 0 N–H and O–H groups in total. The molecule has 346 valence electrons. The average molecular weight is 831 g/mol. The van der Waals surface area contributed by atoms with Crippen LogP contribution >= 0.6 is 0 Å². The van der Waals surface area contributed by atoms with Crippen LogP contribution in [0.4, 0.5) is 0 Å². The molecule has 0 radical (unpaired) electrons. The van der Waals surface area contributed by atoms with E-state index in [1.807, 2.05) is 0 Å². The Balaban J connectivity index is 4.35. The first-order chi connectivity index (χ1) is 29.0. The summed E-state index contributed by atoms with van der Waals surface area (Å²) in [4.78, 5) is 37.9. The highest BCUT2D eigenvalue weighted by Gasteiger charge is 2.19. The van der Waals surface area contributed by atoms with Gasteiger partial charge in [0.15, 0.2) is 6.10 Å². The van der Waals surface area contributed by atoms with Gasteiger partial charge in [0, 0.05) is 19.3 Å². The topological polar surface area (TPSA) is 78.9 Å². The Morgan fingerprint density at radius 1 is 0.322 bits per heavy atom. The van der Waals surface area contributed by atoms with Crippen molar-refractivity contribution in [2.45, 2.75) is 284 Å². The molecule has 0 amide bonds. The van der Waals surface area contributed by atoms with Crippen LogP contribution in [0.25, 0.3) is 0 Å². The van der Waals surface area contributed by atoms with Crippen LogP contribution in [0.2, 0.25) is 0 Å². The molecule has 0 aliphatic rings. The molecule has 0 saturated carbocycles. The molecule has 6 heteroatoms. The monoisotopic (exact) mass is 831 g/mol. The van der Waals surface area contributed by atoms with Crippen LogP contribution in [-0.4, -0.2) is 37.2 Å². The standard InChI is InChI=1S/C53H98O6/c1-4-7-10-13-16-19-22-25-26-29-31-34-37-40-43-46-52(55)58-49-50(59-53(56)47-44-41-38-35-32-28-24-21-18-15-12-9-6-3)48-57-51(54)45-42-39-36-33-30-27-23-20-17-14-11-8-5-2/h19-20,22-23,50H,4-18,21,24-49H2,1-3H3/t50-/m1/s1. The summed E-state index contributed by atoms with van der Waals surface area (Å²) in [5, 5.41) is 0. The van der Waals surface area contributed by atoms with Crippen molar-refractivity contribution >= 4 is 17.9 Å². The second kappa shape index (κ2) is 48.6. The van der Waals surface area contributed by atoms with Gasteiger partial charge in [-0.3, -0.25) is 14.4 Å². The Morgan fingerprint density at radius 2 is 0.559 bits per heavy atom. The minimum atomic E-state index is -0.770. The quantitative estimate of drug-likeness (QED) is 0.0263. The number of hydrogen-bond donors (Lipinski definition) is 0. The van der Waals surface area contributed by atoms with Crippen molar-refractivity contribution in [1.29, 1.82) is 0 Å². The molecule has 1 atom stereocenters. The van der Waals surface area contributed by atoms with Gasteiger partial charge in [-0.25, -0.2) is 0 Å². The Bertz CT molecular complexity index is 958. The summed E-state index contributed by atoms with van der Waals surface area (Å²) in [6, 6.07) is 0. The number of rotatable bonds is 47. The second-order valence-electron chi connectivity index (χ2n) is 17.4. The van der Waals surface area contributed by atoms with E-state index < -0.39 is 6.10 Å². The predicted octanol–water partition coefficient (Wildman–Crippen LogP) is 16.8. The average Bonchev–Trinajstić information content (AvgIpc) is 3.23. The van der Waals surface area contributed by atoms with E-state index in [0.29, 0.717) is 19.3 Å². The SMILES string of the molecule is CCCCCCC=CCCCCCCCCCC(=O)OC[C@@H](COC(=O)CCCCCCCC=CCCCCCC)OC(=O)CCCCCCCCCCCCCCC. The molecule has 0 fully saturated rings. The van der Waals surface area contributed by atoms with Gasteiger partial charge in [0.2, 0.25) is 0 Å². The van der Waals surface area contributed by atoms with E-state index in [4.69, 9.17) is 14.2 Å². The lowest BCUT2D eigenvalue weighted by atomic mass is 10.0. The van der Waals surface area contributed by atoms with Crippen LogP contribution in [0.1, 0.15) is 278 Å². The number of ether oxygens (including phenoxy) is 3. The van der Waals surface area contributed by atoms with Crippen molar-refractivity contribution in [2.24, 2.45) is 0 Å². The number of carbonyl (C=O) groups excluding carboxylic acids is 3. The molecule has 0 aliphatic heterocycles. The molecule has 0 spiro atoms. The summed E-state index contributed by atoms with van der Waals surface area (Å²) in [6.45, 7) is 6.62. The van der Waals surface area contributed by atoms with E-state index in [1.165, 1.54) is 173 Å². The molecule has 0 aliphatic carbocycles. The first-order valence-corrected chi connectivity index (χ1v) is 25.8. The summed E-state index contributed by atoms with van der Waals surface area (Å²) in [6.07, 6.45) is 54.4. The van der Waals surface area contributed by atoms with Crippen LogP contribution in [0.5, 0.6) is 0 Å². The highest BCUT2D eigenvalue weighted by molar-refractivity contribution is 5.71. The number of unbranched alkanes of at least 4 members (excludes halogenated alkanes) is 32. The van der Waals surface area contributed by atoms with Crippen LogP contribution in [0.3, 0.4) is 0 Å². The van der Waals surface area contributed by atoms with Gasteiger partial charge in [0.25, 0.3) is 0 Å². The van der Waals surface area contributed by atoms with Crippen LogP contribution in [0, 0.1) is 0 Å². The van der Waals surface area contributed by atoms with Crippen LogP contribution < -0.4 is 0 Å². The van der Waals surface area contributed by atoms with Crippen molar-refractivity contribution in [3.63, 3.8) is 0 Å². The van der Waals surface area contributed by atoms with Crippen molar-refractivity contribution in [3.05, 3.63) is 24.3 Å². The van der Waals surface area contributed by atoms with E-state index >= 15 is 0 Å². The van der Waals surface area contributed by atoms with Gasteiger partial charge in [0.1, 0.15) is 13.2 Å². The largest absolute Gasteiger partial charge is 0.462 e. The fourth-order valence-corrected chi connectivity index (χ4v) is 7.49. The molecule has 0 heterocycles. The fraction of sp³-hybridized carbons (Fsp3) is 0.868. The van der Waals surface area contributed by atoms with E-state index in [2.05, 4.69) is 45.1 Å². The highest BCUT2D eigenvalue weighted by Crippen LogP contribution is 2.15. The van der Waals surface area contributed by atoms with Crippen molar-refractivity contribution in [2.75, 3.05) is 13.2 Å². The lowest BCUT2D eigenvalue weighted by molar-refractivity contribution is -0.167. The summed E-state index contributed by atoms with van der Waals surface area (Å²) >= 11 is 0. The summed E-state index contributed by atoms with van der Waals surface area (Å²) in [5.41, 5.74) is 0. The second-order valence-corrected chi connectivity index (χ2v) is 17.4. The maximum absolute atomic E-state index is 12.8. The van der Waals surface area contributed by atoms with Crippen molar-refractivity contribution < 1.29 is 28.6 Å². The third-order valence-electron chi connectivity index (χ3n) is 11.4. The smallest absolute Gasteiger partial charge is 0.306 e. The zero-order valence-corrected chi connectivity index (χ0v) is 39.5. The Morgan fingerprint density at radius 3 is 0.864 bits per heavy atom. The Kier molecular flexibility index (Phi) is 46.8. The predicted molar refractivity (Wildman–Crippen MR) is 252 cm³/mol. The van der Waals surface area contributed by atoms with Gasteiger partial charge in [-0.1, -0.05) is 212 Å². The third-order valence-corrected chi connectivity index (χ3v) is 11.4. The summed E-state index contributed by atoms with van der Waals surface area (Å²) < 4.78 is 16.8. The minimum absolute atomic E-state index is 0.0726. The lowest BCUT2D eigenvalue weighted by Crippen LogP contribution is -2.30. The molecule has 0 aromatic carbocycles. The van der Waals surface area contributed by atoms with Gasteiger partial charge < -0.3 is 14.2 Å². The van der Waals surface area contributed by atoms with Gasteiger partial charge >= 0.3 is 17.9 Å². The number of allylic oxidation sites excluding steroid dienone is 4. The van der Waals surface area contributed by atoms with Crippen molar-refractivity contribution in [3.8, 4) is 0 Å². The van der Waals surface area contributed by atoms with E-state index in [-0.39, 0.29) is 31.1 Å². The zero-order valence-electron chi connectivity index (χ0n) is 39.5. The number of hydrogen-bond acceptors (Lipinski definition) is 6. The zero-order chi connectivity index (χ0) is 43.0. The Labute approximate surface area is 366 Å². The molecule has 0 aromatic heterocycles. The molecule has 59 heavy (non-hydrogen) atoms. The molecular weight excluding hydrogens is 733 g/mol. The number of carbonyl (C=O) groups is 3. The molecular formula is C53H98O6. The molecule has 0 saturated heterocycles. The molecule has 6 nitrogen and oxygen atoms in total. The highest BCUT2D eigenvalue weighted by atomic mass is 16.6. The van der Waals surface area contributed by atoms with Crippen LogP contribution in [0.15, 0.2) is 24.3 Å². The first-order valence-electron chi connectivity index (χ1n) is 25.8. The molecule has 0 bridgehead atoms.